The third-order valence-corrected chi connectivity index (χ3v) is 7.46. The number of amides is 2. The minimum absolute atomic E-state index is 0.0872. The van der Waals surface area contributed by atoms with Crippen LogP contribution in [0.5, 0.6) is 0 Å². The van der Waals surface area contributed by atoms with Crippen molar-refractivity contribution in [1.29, 1.82) is 0 Å². The molecule has 176 valence electrons. The van der Waals surface area contributed by atoms with E-state index in [4.69, 9.17) is 4.74 Å². The molecular weight excluding hydrogens is 446 g/mol. The number of nitrogens with zero attached hydrogens (tertiary/aromatic N) is 2. The first-order chi connectivity index (χ1) is 15.8. The number of benzene rings is 2. The first kappa shape index (κ1) is 24.4. The Labute approximate surface area is 193 Å². The molecule has 0 saturated carbocycles. The molecule has 9 nitrogen and oxygen atoms in total. The maximum atomic E-state index is 12.5. The highest BCUT2D eigenvalue weighted by molar-refractivity contribution is 7.89. The summed E-state index contributed by atoms with van der Waals surface area (Å²) in [7, 11) is -3.62. The van der Waals surface area contributed by atoms with Crippen LogP contribution in [0.15, 0.2) is 53.4 Å². The number of rotatable bonds is 9. The second-order valence-electron chi connectivity index (χ2n) is 7.38. The normalized spacial score (nSPS) is 13.0. The molecule has 1 N–H and O–H groups in total. The molecule has 0 radical (unpaired) electrons. The minimum atomic E-state index is -3.62. The summed E-state index contributed by atoms with van der Waals surface area (Å²) in [4.78, 5) is 38.3. The van der Waals surface area contributed by atoms with Gasteiger partial charge in [-0.2, -0.15) is 4.31 Å². The number of hydrogen-bond donors (Lipinski definition) is 1. The average molecular weight is 474 g/mol. The molecule has 33 heavy (non-hydrogen) atoms. The predicted octanol–water partition coefficient (Wildman–Crippen LogP) is 1.58. The third-order valence-electron chi connectivity index (χ3n) is 5.40. The Hall–Kier alpha value is -3.24. The molecular formula is C23H27N3O6S. The average Bonchev–Trinajstić information content (AvgIpc) is 3.26. The second-order valence-corrected chi connectivity index (χ2v) is 9.32. The van der Waals surface area contributed by atoms with Gasteiger partial charge in [0.15, 0.2) is 6.61 Å². The number of fused-ring (bicyclic) bond motifs is 1. The number of ether oxygens (including phenoxy) is 1. The molecule has 0 fully saturated rings. The van der Waals surface area contributed by atoms with Crippen molar-refractivity contribution in [2.45, 2.75) is 25.2 Å². The summed E-state index contributed by atoms with van der Waals surface area (Å²) in [5.41, 5.74) is 2.09. The number of sulfonamides is 1. The van der Waals surface area contributed by atoms with Crippen LogP contribution in [0.2, 0.25) is 0 Å². The van der Waals surface area contributed by atoms with Gasteiger partial charge in [-0.05, 0) is 42.3 Å². The lowest BCUT2D eigenvalue weighted by atomic mass is 10.2. The molecule has 2 aromatic carbocycles. The van der Waals surface area contributed by atoms with Crippen molar-refractivity contribution >= 4 is 33.5 Å². The molecule has 1 aliphatic heterocycles. The highest BCUT2D eigenvalue weighted by Gasteiger charge is 2.25. The van der Waals surface area contributed by atoms with E-state index in [-0.39, 0.29) is 16.4 Å². The van der Waals surface area contributed by atoms with Gasteiger partial charge in [-0.15, -0.1) is 0 Å². The SMILES string of the molecule is CCN(CC)S(=O)(=O)c1ccc(C(=O)NCC(=O)OCC(=O)N2CCc3ccccc32)cc1. The van der Waals surface area contributed by atoms with E-state index in [0.29, 0.717) is 19.6 Å². The summed E-state index contributed by atoms with van der Waals surface area (Å²) >= 11 is 0. The lowest BCUT2D eigenvalue weighted by Crippen LogP contribution is -2.36. The van der Waals surface area contributed by atoms with Crippen molar-refractivity contribution < 1.29 is 27.5 Å². The van der Waals surface area contributed by atoms with Gasteiger partial charge in [0.05, 0.1) is 4.90 Å². The smallest absolute Gasteiger partial charge is 0.325 e. The van der Waals surface area contributed by atoms with E-state index in [2.05, 4.69) is 5.32 Å². The van der Waals surface area contributed by atoms with Gasteiger partial charge in [0.1, 0.15) is 6.54 Å². The van der Waals surface area contributed by atoms with E-state index in [1.165, 1.54) is 28.6 Å². The van der Waals surface area contributed by atoms with Crippen molar-refractivity contribution in [2.75, 3.05) is 37.7 Å². The van der Waals surface area contributed by atoms with Gasteiger partial charge in [-0.3, -0.25) is 14.4 Å². The van der Waals surface area contributed by atoms with Crippen LogP contribution in [-0.2, 0) is 30.8 Å². The molecule has 2 amide bonds. The summed E-state index contributed by atoms with van der Waals surface area (Å²) in [6.45, 7) is 3.89. The predicted molar refractivity (Wildman–Crippen MR) is 122 cm³/mol. The fourth-order valence-corrected chi connectivity index (χ4v) is 5.07. The van der Waals surface area contributed by atoms with E-state index in [1.807, 2.05) is 24.3 Å². The first-order valence-electron chi connectivity index (χ1n) is 10.7. The summed E-state index contributed by atoms with van der Waals surface area (Å²) in [6, 6.07) is 13.0. The number of para-hydroxylation sites is 1. The first-order valence-corrected chi connectivity index (χ1v) is 12.1. The highest BCUT2D eigenvalue weighted by Crippen LogP contribution is 2.27. The zero-order chi connectivity index (χ0) is 24.0. The number of esters is 1. The Kier molecular flexibility index (Phi) is 7.83. The molecule has 2 aromatic rings. The Balaban J connectivity index is 1.48. The molecule has 10 heteroatoms. The van der Waals surface area contributed by atoms with Gasteiger partial charge in [0, 0.05) is 30.9 Å². The molecule has 1 heterocycles. The Morgan fingerprint density at radius 1 is 1.03 bits per heavy atom. The Bertz CT molecular complexity index is 1130. The summed E-state index contributed by atoms with van der Waals surface area (Å²) < 4.78 is 31.4. The maximum absolute atomic E-state index is 12.5. The second kappa shape index (κ2) is 10.6. The molecule has 0 saturated heterocycles. The molecule has 0 aromatic heterocycles. The third kappa shape index (κ3) is 5.58. The van der Waals surface area contributed by atoms with Crippen LogP contribution in [-0.4, -0.2) is 63.3 Å². The standard InChI is InChI=1S/C23H27N3O6S/c1-3-25(4-2)33(30,31)19-11-9-18(10-12-19)23(29)24-15-22(28)32-16-21(27)26-14-13-17-7-5-6-8-20(17)26/h5-12H,3-4,13-16H2,1-2H3,(H,24,29). The highest BCUT2D eigenvalue weighted by atomic mass is 32.2. The van der Waals surface area contributed by atoms with Crippen LogP contribution in [0.1, 0.15) is 29.8 Å². The molecule has 0 unspecified atom stereocenters. The molecule has 0 atom stereocenters. The van der Waals surface area contributed by atoms with Crippen molar-refractivity contribution in [3.05, 3.63) is 59.7 Å². The fourth-order valence-electron chi connectivity index (χ4n) is 3.61. The lowest BCUT2D eigenvalue weighted by molar-refractivity contribution is -0.146. The molecule has 0 spiro atoms. The summed E-state index contributed by atoms with van der Waals surface area (Å²) in [6.07, 6.45) is 0.751. The van der Waals surface area contributed by atoms with Gasteiger partial charge in [-0.25, -0.2) is 8.42 Å². The number of anilines is 1. The van der Waals surface area contributed by atoms with Crippen LogP contribution in [0.3, 0.4) is 0 Å². The largest absolute Gasteiger partial charge is 0.454 e. The Morgan fingerprint density at radius 2 is 1.70 bits per heavy atom. The molecule has 0 bridgehead atoms. The van der Waals surface area contributed by atoms with E-state index in [1.54, 1.807) is 18.7 Å². The molecule has 0 aliphatic carbocycles. The van der Waals surface area contributed by atoms with Gasteiger partial charge in [-0.1, -0.05) is 32.0 Å². The molecule has 1 aliphatic rings. The lowest BCUT2D eigenvalue weighted by Gasteiger charge is -2.18. The number of hydrogen-bond acceptors (Lipinski definition) is 6. The number of nitrogens with one attached hydrogen (secondary N) is 1. The van der Waals surface area contributed by atoms with Gasteiger partial charge in [0.25, 0.3) is 11.8 Å². The fraction of sp³-hybridized carbons (Fsp3) is 0.348. The van der Waals surface area contributed by atoms with Crippen molar-refractivity contribution in [1.82, 2.24) is 9.62 Å². The van der Waals surface area contributed by atoms with Crippen LogP contribution in [0.25, 0.3) is 0 Å². The van der Waals surface area contributed by atoms with E-state index in [9.17, 15) is 22.8 Å². The van der Waals surface area contributed by atoms with Gasteiger partial charge >= 0.3 is 5.97 Å². The van der Waals surface area contributed by atoms with Gasteiger partial charge < -0.3 is 15.0 Å². The zero-order valence-corrected chi connectivity index (χ0v) is 19.4. The zero-order valence-electron chi connectivity index (χ0n) is 18.6. The number of carbonyl (C=O) groups excluding carboxylic acids is 3. The number of carbonyl (C=O) groups is 3. The minimum Gasteiger partial charge on any atom is -0.454 e. The van der Waals surface area contributed by atoms with Crippen molar-refractivity contribution in [3.8, 4) is 0 Å². The van der Waals surface area contributed by atoms with Crippen molar-refractivity contribution in [2.24, 2.45) is 0 Å². The quantitative estimate of drug-likeness (QED) is 0.554. The van der Waals surface area contributed by atoms with E-state index in [0.717, 1.165) is 17.7 Å². The van der Waals surface area contributed by atoms with Crippen LogP contribution >= 0.6 is 0 Å². The molecule has 3 rings (SSSR count). The van der Waals surface area contributed by atoms with Gasteiger partial charge in [0.2, 0.25) is 10.0 Å². The van der Waals surface area contributed by atoms with Crippen LogP contribution in [0.4, 0.5) is 5.69 Å². The summed E-state index contributed by atoms with van der Waals surface area (Å²) in [5, 5.41) is 2.41. The summed E-state index contributed by atoms with van der Waals surface area (Å²) in [5.74, 6) is -1.63. The van der Waals surface area contributed by atoms with E-state index < -0.39 is 35.1 Å². The van der Waals surface area contributed by atoms with Crippen LogP contribution < -0.4 is 10.2 Å². The topological polar surface area (TPSA) is 113 Å². The van der Waals surface area contributed by atoms with Crippen LogP contribution in [0, 0.1) is 0 Å². The van der Waals surface area contributed by atoms with E-state index >= 15 is 0 Å². The maximum Gasteiger partial charge on any atom is 0.325 e. The monoisotopic (exact) mass is 473 g/mol. The van der Waals surface area contributed by atoms with Crippen molar-refractivity contribution in [3.63, 3.8) is 0 Å². The Morgan fingerprint density at radius 3 is 2.36 bits per heavy atom.